The summed E-state index contributed by atoms with van der Waals surface area (Å²) in [7, 11) is 0. The van der Waals surface area contributed by atoms with Crippen LogP contribution in [0.1, 0.15) is 30.1 Å². The van der Waals surface area contributed by atoms with Gasteiger partial charge in [0.2, 0.25) is 11.8 Å². The summed E-state index contributed by atoms with van der Waals surface area (Å²) in [5.41, 5.74) is 0.963. The number of amides is 3. The number of anilines is 1. The second-order valence-corrected chi connectivity index (χ2v) is 7.20. The predicted molar refractivity (Wildman–Crippen MR) is 115 cm³/mol. The highest BCUT2D eigenvalue weighted by molar-refractivity contribution is 6.36. The normalized spacial score (nSPS) is 10.3. The molecule has 154 valence electrons. The molecule has 0 atom stereocenters. The van der Waals surface area contributed by atoms with Crippen LogP contribution >= 0.6 is 23.2 Å². The Morgan fingerprint density at radius 2 is 1.76 bits per heavy atom. The minimum atomic E-state index is -0.357. The zero-order valence-electron chi connectivity index (χ0n) is 16.1. The van der Waals surface area contributed by atoms with Crippen molar-refractivity contribution in [3.63, 3.8) is 0 Å². The van der Waals surface area contributed by atoms with E-state index in [1.807, 2.05) is 13.0 Å². The maximum absolute atomic E-state index is 12.5. The third-order valence-electron chi connectivity index (χ3n) is 4.05. The fourth-order valence-electron chi connectivity index (χ4n) is 2.65. The number of benzene rings is 2. The lowest BCUT2D eigenvalue weighted by Crippen LogP contribution is -2.40. The summed E-state index contributed by atoms with van der Waals surface area (Å²) in [5.74, 6) is -0.808. The molecule has 0 heterocycles. The van der Waals surface area contributed by atoms with E-state index >= 15 is 0 Å². The van der Waals surface area contributed by atoms with Crippen LogP contribution in [0.25, 0.3) is 0 Å². The minimum Gasteiger partial charge on any atom is -0.352 e. The van der Waals surface area contributed by atoms with Crippen LogP contribution in [0, 0.1) is 0 Å². The van der Waals surface area contributed by atoms with E-state index in [4.69, 9.17) is 23.2 Å². The number of nitrogens with one attached hydrogen (secondary N) is 2. The maximum atomic E-state index is 12.5. The Labute approximate surface area is 180 Å². The maximum Gasteiger partial charge on any atom is 0.251 e. The van der Waals surface area contributed by atoms with Crippen LogP contribution in [0.3, 0.4) is 0 Å². The van der Waals surface area contributed by atoms with E-state index in [0.717, 1.165) is 0 Å². The third kappa shape index (κ3) is 7.40. The van der Waals surface area contributed by atoms with Crippen LogP contribution in [-0.4, -0.2) is 42.3 Å². The van der Waals surface area contributed by atoms with Crippen LogP contribution in [-0.2, 0) is 9.59 Å². The van der Waals surface area contributed by atoms with E-state index in [1.54, 1.807) is 36.4 Å². The molecule has 0 saturated heterocycles. The molecule has 2 N–H and O–H groups in total. The Balaban J connectivity index is 1.86. The SMILES string of the molecule is CCCN(CC(=O)Nc1ccc(Cl)cc1Cl)C(=O)CCNC(=O)c1ccccc1. The van der Waals surface area contributed by atoms with E-state index in [1.165, 1.54) is 11.0 Å². The summed E-state index contributed by atoms with van der Waals surface area (Å²) in [5, 5.41) is 6.19. The molecular formula is C21H23Cl2N3O3. The number of hydrogen-bond acceptors (Lipinski definition) is 3. The van der Waals surface area contributed by atoms with E-state index < -0.39 is 0 Å². The van der Waals surface area contributed by atoms with Crippen molar-refractivity contribution in [3.8, 4) is 0 Å². The molecule has 2 aromatic carbocycles. The highest BCUT2D eigenvalue weighted by atomic mass is 35.5. The zero-order chi connectivity index (χ0) is 21.2. The molecule has 0 saturated carbocycles. The molecule has 0 aliphatic carbocycles. The third-order valence-corrected chi connectivity index (χ3v) is 4.59. The number of rotatable bonds is 9. The quantitative estimate of drug-likeness (QED) is 0.624. The van der Waals surface area contributed by atoms with E-state index in [0.29, 0.717) is 34.3 Å². The van der Waals surface area contributed by atoms with Gasteiger partial charge in [0.1, 0.15) is 0 Å². The van der Waals surface area contributed by atoms with Gasteiger partial charge in [-0.15, -0.1) is 0 Å². The highest BCUT2D eigenvalue weighted by Crippen LogP contribution is 2.25. The Kier molecular flexibility index (Phi) is 8.96. The second-order valence-electron chi connectivity index (χ2n) is 6.36. The molecular weight excluding hydrogens is 413 g/mol. The van der Waals surface area contributed by atoms with Gasteiger partial charge in [-0.2, -0.15) is 0 Å². The first-order chi connectivity index (χ1) is 13.9. The monoisotopic (exact) mass is 435 g/mol. The second kappa shape index (κ2) is 11.4. The van der Waals surface area contributed by atoms with Gasteiger partial charge in [0.25, 0.3) is 5.91 Å². The fourth-order valence-corrected chi connectivity index (χ4v) is 3.10. The van der Waals surface area contributed by atoms with Gasteiger partial charge in [0.15, 0.2) is 0 Å². The molecule has 6 nitrogen and oxygen atoms in total. The standard InChI is InChI=1S/C21H23Cl2N3O3/c1-2-12-26(14-19(27)25-18-9-8-16(22)13-17(18)23)20(28)10-11-24-21(29)15-6-4-3-5-7-15/h3-9,13H,2,10-12,14H2,1H3,(H,24,29)(H,25,27). The molecule has 0 aliphatic rings. The molecule has 0 radical (unpaired) electrons. The van der Waals surface area contributed by atoms with Gasteiger partial charge in [-0.25, -0.2) is 0 Å². The topological polar surface area (TPSA) is 78.5 Å². The summed E-state index contributed by atoms with van der Waals surface area (Å²) in [4.78, 5) is 38.3. The summed E-state index contributed by atoms with van der Waals surface area (Å²) < 4.78 is 0. The van der Waals surface area contributed by atoms with E-state index in [9.17, 15) is 14.4 Å². The Bertz CT molecular complexity index is 860. The van der Waals surface area contributed by atoms with Gasteiger partial charge < -0.3 is 15.5 Å². The van der Waals surface area contributed by atoms with Crippen LogP contribution < -0.4 is 10.6 Å². The molecule has 0 aliphatic heterocycles. The molecule has 0 fully saturated rings. The van der Waals surface area contributed by atoms with Crippen molar-refractivity contribution in [2.24, 2.45) is 0 Å². The number of carbonyl (C=O) groups excluding carboxylic acids is 3. The lowest BCUT2D eigenvalue weighted by molar-refractivity contribution is -0.134. The van der Waals surface area contributed by atoms with Crippen LogP contribution in [0.2, 0.25) is 10.0 Å². The van der Waals surface area contributed by atoms with Crippen molar-refractivity contribution < 1.29 is 14.4 Å². The fraction of sp³-hybridized carbons (Fsp3) is 0.286. The minimum absolute atomic E-state index is 0.0989. The Hall–Kier alpha value is -2.57. The first-order valence-electron chi connectivity index (χ1n) is 9.26. The average Bonchev–Trinajstić information content (AvgIpc) is 2.70. The average molecular weight is 436 g/mol. The number of nitrogens with zero attached hydrogens (tertiary/aromatic N) is 1. The molecule has 0 aromatic heterocycles. The largest absolute Gasteiger partial charge is 0.352 e. The molecule has 29 heavy (non-hydrogen) atoms. The van der Waals surface area contributed by atoms with Gasteiger partial charge in [-0.05, 0) is 36.8 Å². The molecule has 0 bridgehead atoms. The first-order valence-corrected chi connectivity index (χ1v) is 10.0. The van der Waals surface area contributed by atoms with Gasteiger partial charge >= 0.3 is 0 Å². The van der Waals surface area contributed by atoms with Crippen molar-refractivity contribution in [2.45, 2.75) is 19.8 Å². The van der Waals surface area contributed by atoms with Crippen molar-refractivity contribution in [3.05, 3.63) is 64.1 Å². The van der Waals surface area contributed by atoms with Crippen LogP contribution in [0.15, 0.2) is 48.5 Å². The molecule has 0 spiro atoms. The Morgan fingerprint density at radius 3 is 2.41 bits per heavy atom. The predicted octanol–water partition coefficient (Wildman–Crippen LogP) is 3.99. The number of halogens is 2. The van der Waals surface area contributed by atoms with Crippen molar-refractivity contribution >= 4 is 46.6 Å². The van der Waals surface area contributed by atoms with Crippen LogP contribution in [0.5, 0.6) is 0 Å². The van der Waals surface area contributed by atoms with Gasteiger partial charge in [-0.3, -0.25) is 14.4 Å². The molecule has 0 unspecified atom stereocenters. The molecule has 2 aromatic rings. The van der Waals surface area contributed by atoms with E-state index in [-0.39, 0.29) is 37.2 Å². The van der Waals surface area contributed by atoms with E-state index in [2.05, 4.69) is 10.6 Å². The summed E-state index contributed by atoms with van der Waals surface area (Å²) in [6.45, 7) is 2.45. The smallest absolute Gasteiger partial charge is 0.251 e. The van der Waals surface area contributed by atoms with Crippen molar-refractivity contribution in [1.82, 2.24) is 10.2 Å². The Morgan fingerprint density at radius 1 is 1.03 bits per heavy atom. The van der Waals surface area contributed by atoms with Crippen molar-refractivity contribution in [2.75, 3.05) is 25.0 Å². The highest BCUT2D eigenvalue weighted by Gasteiger charge is 2.17. The van der Waals surface area contributed by atoms with Gasteiger partial charge in [0, 0.05) is 30.1 Å². The number of hydrogen-bond donors (Lipinski definition) is 2. The van der Waals surface area contributed by atoms with Gasteiger partial charge in [0.05, 0.1) is 17.3 Å². The summed E-state index contributed by atoms with van der Waals surface area (Å²) in [6.07, 6.45) is 0.810. The number of carbonyl (C=O) groups is 3. The first kappa shape index (κ1) is 22.7. The molecule has 8 heteroatoms. The van der Waals surface area contributed by atoms with Gasteiger partial charge in [-0.1, -0.05) is 48.3 Å². The zero-order valence-corrected chi connectivity index (χ0v) is 17.6. The summed E-state index contributed by atoms with van der Waals surface area (Å²) in [6, 6.07) is 13.5. The molecule has 2 rings (SSSR count). The lowest BCUT2D eigenvalue weighted by Gasteiger charge is -2.22. The molecule has 3 amide bonds. The summed E-state index contributed by atoms with van der Waals surface area (Å²) >= 11 is 11.9. The lowest BCUT2D eigenvalue weighted by atomic mass is 10.2. The van der Waals surface area contributed by atoms with Crippen molar-refractivity contribution in [1.29, 1.82) is 0 Å². The van der Waals surface area contributed by atoms with Crippen LogP contribution in [0.4, 0.5) is 5.69 Å².